The van der Waals surface area contributed by atoms with Crippen molar-refractivity contribution in [3.63, 3.8) is 0 Å². The molecule has 20 heavy (non-hydrogen) atoms. The van der Waals surface area contributed by atoms with E-state index in [1.165, 1.54) is 12.1 Å². The third kappa shape index (κ3) is 3.72. The van der Waals surface area contributed by atoms with Gasteiger partial charge >= 0.3 is 0 Å². The van der Waals surface area contributed by atoms with E-state index in [0.29, 0.717) is 16.9 Å². The molecule has 0 heterocycles. The van der Waals surface area contributed by atoms with E-state index in [-0.39, 0.29) is 11.6 Å². The predicted molar refractivity (Wildman–Crippen MR) is 80.5 cm³/mol. The van der Waals surface area contributed by atoms with Gasteiger partial charge in [0.25, 0.3) is 0 Å². The van der Waals surface area contributed by atoms with Crippen LogP contribution in [0.3, 0.4) is 0 Å². The van der Waals surface area contributed by atoms with Crippen LogP contribution in [0.15, 0.2) is 40.9 Å². The molecule has 0 aliphatic heterocycles. The van der Waals surface area contributed by atoms with E-state index in [9.17, 15) is 9.50 Å². The highest BCUT2D eigenvalue weighted by atomic mass is 79.9. The van der Waals surface area contributed by atoms with Crippen LogP contribution in [0.5, 0.6) is 5.75 Å². The van der Waals surface area contributed by atoms with Crippen LogP contribution in [0.4, 0.5) is 4.39 Å². The van der Waals surface area contributed by atoms with Gasteiger partial charge in [-0.2, -0.15) is 0 Å². The largest absolute Gasteiger partial charge is 0.488 e. The van der Waals surface area contributed by atoms with Crippen molar-refractivity contribution in [3.05, 3.63) is 62.8 Å². The summed E-state index contributed by atoms with van der Waals surface area (Å²) in [6, 6.07) is 9.91. The molecule has 0 aliphatic carbocycles. The first-order valence-corrected chi connectivity index (χ1v) is 7.18. The maximum atomic E-state index is 13.3. The molecule has 0 amide bonds. The third-order valence-corrected chi connectivity index (χ3v) is 3.60. The molecule has 0 bridgehead atoms. The van der Waals surface area contributed by atoms with Crippen molar-refractivity contribution in [1.29, 1.82) is 0 Å². The Kier molecular flexibility index (Phi) is 5.02. The van der Waals surface area contributed by atoms with Gasteiger partial charge in [-0.25, -0.2) is 4.39 Å². The van der Waals surface area contributed by atoms with Gasteiger partial charge in [0.05, 0.1) is 11.1 Å². The summed E-state index contributed by atoms with van der Waals surface area (Å²) in [5, 5.41) is 9.78. The van der Waals surface area contributed by atoms with Crippen LogP contribution in [0, 0.1) is 5.82 Å². The molecule has 2 aromatic carbocycles. The van der Waals surface area contributed by atoms with E-state index in [2.05, 4.69) is 15.9 Å². The Bertz CT molecular complexity index is 617. The SMILES string of the molecule is C[C@@H](O)c1ccc(Br)cc1OCc1ccc(Cl)c(F)c1. The van der Waals surface area contributed by atoms with Crippen LogP contribution in [0.25, 0.3) is 0 Å². The average Bonchev–Trinajstić information content (AvgIpc) is 2.40. The van der Waals surface area contributed by atoms with E-state index >= 15 is 0 Å². The zero-order valence-corrected chi connectivity index (χ0v) is 13.1. The summed E-state index contributed by atoms with van der Waals surface area (Å²) in [6.45, 7) is 1.86. The molecule has 2 aromatic rings. The third-order valence-electron chi connectivity index (χ3n) is 2.80. The molecular weight excluding hydrogens is 347 g/mol. The van der Waals surface area contributed by atoms with E-state index in [1.807, 2.05) is 6.07 Å². The summed E-state index contributed by atoms with van der Waals surface area (Å²) in [7, 11) is 0. The fourth-order valence-electron chi connectivity index (χ4n) is 1.77. The van der Waals surface area contributed by atoms with Gasteiger partial charge in [0, 0.05) is 10.0 Å². The van der Waals surface area contributed by atoms with Gasteiger partial charge < -0.3 is 9.84 Å². The summed E-state index contributed by atoms with van der Waals surface area (Å²) in [6.07, 6.45) is -0.639. The molecule has 0 aromatic heterocycles. The number of hydrogen-bond acceptors (Lipinski definition) is 2. The standard InChI is InChI=1S/C15H13BrClFO2/c1-9(19)12-4-3-11(16)7-15(12)20-8-10-2-5-13(17)14(18)6-10/h2-7,9,19H,8H2,1H3/t9-/m1/s1. The molecule has 0 spiro atoms. The van der Waals surface area contributed by atoms with Gasteiger partial charge in [-0.05, 0) is 36.8 Å². The number of hydrogen-bond donors (Lipinski definition) is 1. The summed E-state index contributed by atoms with van der Waals surface area (Å²) in [5.74, 6) is 0.0856. The lowest BCUT2D eigenvalue weighted by Crippen LogP contribution is -2.01. The van der Waals surface area contributed by atoms with Crippen LogP contribution in [-0.4, -0.2) is 5.11 Å². The molecular formula is C15H13BrClFO2. The fraction of sp³-hybridized carbons (Fsp3) is 0.200. The Labute approximate surface area is 130 Å². The van der Waals surface area contributed by atoms with Crippen LogP contribution < -0.4 is 4.74 Å². The summed E-state index contributed by atoms with van der Waals surface area (Å²) in [5.41, 5.74) is 1.35. The highest BCUT2D eigenvalue weighted by molar-refractivity contribution is 9.10. The first kappa shape index (κ1) is 15.3. The summed E-state index contributed by atoms with van der Waals surface area (Å²) >= 11 is 8.98. The molecule has 106 valence electrons. The second-order valence-electron chi connectivity index (χ2n) is 4.40. The van der Waals surface area contributed by atoms with E-state index in [0.717, 1.165) is 4.47 Å². The van der Waals surface area contributed by atoms with Gasteiger partial charge in [-0.15, -0.1) is 0 Å². The van der Waals surface area contributed by atoms with Crippen molar-refractivity contribution in [1.82, 2.24) is 0 Å². The number of ether oxygens (including phenoxy) is 1. The molecule has 1 N–H and O–H groups in total. The Balaban J connectivity index is 2.17. The van der Waals surface area contributed by atoms with Crippen molar-refractivity contribution in [2.45, 2.75) is 19.6 Å². The van der Waals surface area contributed by atoms with Gasteiger partial charge in [0.15, 0.2) is 0 Å². The number of benzene rings is 2. The highest BCUT2D eigenvalue weighted by Gasteiger charge is 2.10. The summed E-state index contributed by atoms with van der Waals surface area (Å²) < 4.78 is 19.8. The molecule has 0 radical (unpaired) electrons. The molecule has 2 nitrogen and oxygen atoms in total. The van der Waals surface area contributed by atoms with Crippen molar-refractivity contribution in [2.75, 3.05) is 0 Å². The quantitative estimate of drug-likeness (QED) is 0.843. The Morgan fingerprint density at radius 2 is 2.05 bits per heavy atom. The predicted octanol–water partition coefficient (Wildman–Crippen LogP) is 4.87. The van der Waals surface area contributed by atoms with Crippen molar-refractivity contribution < 1.29 is 14.2 Å². The minimum atomic E-state index is -0.639. The molecule has 0 saturated heterocycles. The van der Waals surface area contributed by atoms with E-state index < -0.39 is 11.9 Å². The molecule has 1 atom stereocenters. The first-order valence-electron chi connectivity index (χ1n) is 6.01. The number of aliphatic hydroxyl groups excluding tert-OH is 1. The first-order chi connectivity index (χ1) is 9.47. The lowest BCUT2D eigenvalue weighted by molar-refractivity contribution is 0.190. The number of aliphatic hydroxyl groups is 1. The number of rotatable bonds is 4. The minimum Gasteiger partial charge on any atom is -0.488 e. The summed E-state index contributed by atoms with van der Waals surface area (Å²) in [4.78, 5) is 0. The Hall–Kier alpha value is -1.10. The second kappa shape index (κ2) is 6.57. The topological polar surface area (TPSA) is 29.5 Å². The van der Waals surface area contributed by atoms with Crippen LogP contribution >= 0.6 is 27.5 Å². The molecule has 5 heteroatoms. The molecule has 0 fully saturated rings. The van der Waals surface area contributed by atoms with Gasteiger partial charge in [-0.1, -0.05) is 39.7 Å². The van der Waals surface area contributed by atoms with Gasteiger partial charge in [-0.3, -0.25) is 0 Å². The van der Waals surface area contributed by atoms with Crippen molar-refractivity contribution >= 4 is 27.5 Å². The molecule has 0 saturated carbocycles. The number of halogens is 3. The average molecular weight is 360 g/mol. The second-order valence-corrected chi connectivity index (χ2v) is 5.72. The zero-order valence-electron chi connectivity index (χ0n) is 10.7. The van der Waals surface area contributed by atoms with Gasteiger partial charge in [0.2, 0.25) is 0 Å². The maximum absolute atomic E-state index is 13.3. The minimum absolute atomic E-state index is 0.0841. The van der Waals surface area contributed by atoms with Crippen molar-refractivity contribution in [2.24, 2.45) is 0 Å². The zero-order chi connectivity index (χ0) is 14.7. The molecule has 2 rings (SSSR count). The van der Waals surface area contributed by atoms with E-state index in [1.54, 1.807) is 25.1 Å². The Morgan fingerprint density at radius 1 is 1.30 bits per heavy atom. The Morgan fingerprint density at radius 3 is 2.70 bits per heavy atom. The van der Waals surface area contributed by atoms with E-state index in [4.69, 9.17) is 16.3 Å². The van der Waals surface area contributed by atoms with Crippen LogP contribution in [0.1, 0.15) is 24.2 Å². The van der Waals surface area contributed by atoms with Gasteiger partial charge in [0.1, 0.15) is 18.2 Å². The fourth-order valence-corrected chi connectivity index (χ4v) is 2.23. The maximum Gasteiger partial charge on any atom is 0.142 e. The lowest BCUT2D eigenvalue weighted by Gasteiger charge is -2.14. The highest BCUT2D eigenvalue weighted by Crippen LogP contribution is 2.29. The lowest BCUT2D eigenvalue weighted by atomic mass is 10.1. The van der Waals surface area contributed by atoms with Crippen LogP contribution in [-0.2, 0) is 6.61 Å². The van der Waals surface area contributed by atoms with Crippen molar-refractivity contribution in [3.8, 4) is 5.75 Å². The normalized spacial score (nSPS) is 12.2. The monoisotopic (exact) mass is 358 g/mol. The smallest absolute Gasteiger partial charge is 0.142 e. The molecule has 0 unspecified atom stereocenters. The van der Waals surface area contributed by atoms with Crippen LogP contribution in [0.2, 0.25) is 5.02 Å². The molecule has 0 aliphatic rings.